The molecule has 0 radical (unpaired) electrons. The molecule has 7 nitrogen and oxygen atoms in total. The lowest BCUT2D eigenvalue weighted by Gasteiger charge is -2.19. The summed E-state index contributed by atoms with van der Waals surface area (Å²) in [4.78, 5) is 33.0. The molecule has 2 N–H and O–H groups in total. The number of rotatable bonds is 7. The van der Waals surface area contributed by atoms with Gasteiger partial charge in [-0.3, -0.25) is 19.7 Å². The van der Waals surface area contributed by atoms with E-state index in [4.69, 9.17) is 14.6 Å². The van der Waals surface area contributed by atoms with Gasteiger partial charge in [-0.05, 0) is 27.7 Å². The van der Waals surface area contributed by atoms with Crippen LogP contribution >= 0.6 is 0 Å². The van der Waals surface area contributed by atoms with Crippen molar-refractivity contribution in [2.24, 2.45) is 0 Å². The van der Waals surface area contributed by atoms with Gasteiger partial charge < -0.3 is 14.6 Å². The second-order valence-corrected chi connectivity index (χ2v) is 5.00. The number of nitrogens with one attached hydrogen (secondary N) is 1. The molecule has 110 valence electrons. The highest BCUT2D eigenvalue weighted by molar-refractivity contribution is 5.76. The Morgan fingerprint density at radius 2 is 1.79 bits per heavy atom. The van der Waals surface area contributed by atoms with Crippen molar-refractivity contribution in [2.75, 3.05) is 13.2 Å². The zero-order valence-electron chi connectivity index (χ0n) is 11.7. The number of aliphatic carboxylic acids is 1. The molecular formula is C12H21NO6. The minimum Gasteiger partial charge on any atom is -0.480 e. The highest BCUT2D eigenvalue weighted by Crippen LogP contribution is 2.07. The van der Waals surface area contributed by atoms with Gasteiger partial charge in [0.25, 0.3) is 0 Å². The van der Waals surface area contributed by atoms with Crippen LogP contribution in [0.1, 0.15) is 34.1 Å². The molecule has 0 aromatic carbocycles. The Morgan fingerprint density at radius 1 is 1.21 bits per heavy atom. The van der Waals surface area contributed by atoms with E-state index in [0.29, 0.717) is 0 Å². The van der Waals surface area contributed by atoms with Crippen molar-refractivity contribution >= 4 is 17.9 Å². The predicted octanol–water partition coefficient (Wildman–Crippen LogP) is 0.324. The van der Waals surface area contributed by atoms with Gasteiger partial charge in [0, 0.05) is 0 Å². The molecule has 0 aromatic rings. The van der Waals surface area contributed by atoms with Gasteiger partial charge in [0.1, 0.15) is 18.2 Å². The average molecular weight is 275 g/mol. The van der Waals surface area contributed by atoms with Gasteiger partial charge in [-0.15, -0.1) is 0 Å². The fraction of sp³-hybridized carbons (Fsp3) is 0.750. The van der Waals surface area contributed by atoms with Gasteiger partial charge >= 0.3 is 17.9 Å². The first kappa shape index (κ1) is 17.4. The van der Waals surface area contributed by atoms with Gasteiger partial charge in [0.05, 0.1) is 13.0 Å². The van der Waals surface area contributed by atoms with E-state index in [9.17, 15) is 14.4 Å². The van der Waals surface area contributed by atoms with Crippen molar-refractivity contribution in [3.05, 3.63) is 0 Å². The molecule has 1 atom stereocenters. The molecule has 0 aromatic heterocycles. The molecule has 0 fully saturated rings. The molecule has 0 amide bonds. The maximum atomic E-state index is 11.3. The van der Waals surface area contributed by atoms with Gasteiger partial charge in [-0.1, -0.05) is 0 Å². The lowest BCUT2D eigenvalue weighted by Crippen LogP contribution is -2.38. The van der Waals surface area contributed by atoms with Crippen LogP contribution in [0.2, 0.25) is 0 Å². The summed E-state index contributed by atoms with van der Waals surface area (Å²) in [5.41, 5.74) is -0.570. The first-order valence-corrected chi connectivity index (χ1v) is 5.95. The lowest BCUT2D eigenvalue weighted by atomic mass is 10.2. The molecule has 0 aliphatic rings. The number of carboxylic acids is 1. The molecule has 0 spiro atoms. The van der Waals surface area contributed by atoms with Crippen LogP contribution < -0.4 is 5.32 Å². The highest BCUT2D eigenvalue weighted by Gasteiger charge is 2.17. The quantitative estimate of drug-likeness (QED) is 0.645. The number of ether oxygens (including phenoxy) is 2. The van der Waals surface area contributed by atoms with Crippen molar-refractivity contribution in [3.8, 4) is 0 Å². The standard InChI is InChI=1S/C12H21NO6/c1-8(11(16)17)13-7-10(15)18-6-5-9(14)19-12(2,3)4/h8,13H,5-7H2,1-4H3,(H,16,17). The monoisotopic (exact) mass is 275 g/mol. The Kier molecular flexibility index (Phi) is 7.06. The summed E-state index contributed by atoms with van der Waals surface area (Å²) in [5, 5.41) is 11.0. The number of carboxylic acid groups (broad SMARTS) is 1. The fourth-order valence-corrected chi connectivity index (χ4v) is 1.02. The van der Waals surface area contributed by atoms with Crippen molar-refractivity contribution < 1.29 is 29.0 Å². The molecule has 0 saturated carbocycles. The smallest absolute Gasteiger partial charge is 0.320 e. The molecule has 7 heteroatoms. The van der Waals surface area contributed by atoms with Crippen LogP contribution in [-0.2, 0) is 23.9 Å². The Labute approximate surface area is 112 Å². The Morgan fingerprint density at radius 3 is 2.26 bits per heavy atom. The van der Waals surface area contributed by atoms with Gasteiger partial charge in [-0.2, -0.15) is 0 Å². The van der Waals surface area contributed by atoms with Crippen LogP contribution in [0, 0.1) is 0 Å². The van der Waals surface area contributed by atoms with Gasteiger partial charge in [-0.25, -0.2) is 0 Å². The summed E-state index contributed by atoms with van der Waals surface area (Å²) >= 11 is 0. The molecule has 0 heterocycles. The van der Waals surface area contributed by atoms with Crippen LogP contribution in [0.5, 0.6) is 0 Å². The molecular weight excluding hydrogens is 254 g/mol. The first-order chi connectivity index (χ1) is 8.61. The number of esters is 2. The normalized spacial score (nSPS) is 12.6. The van der Waals surface area contributed by atoms with Crippen molar-refractivity contribution in [2.45, 2.75) is 45.8 Å². The van der Waals surface area contributed by atoms with E-state index in [1.54, 1.807) is 20.8 Å². The van der Waals surface area contributed by atoms with E-state index < -0.39 is 29.6 Å². The number of hydrogen-bond acceptors (Lipinski definition) is 6. The Hall–Kier alpha value is -1.63. The fourth-order valence-electron chi connectivity index (χ4n) is 1.02. The Balaban J connectivity index is 3.75. The van der Waals surface area contributed by atoms with E-state index in [1.165, 1.54) is 6.92 Å². The van der Waals surface area contributed by atoms with Crippen LogP contribution in [-0.4, -0.2) is 47.8 Å². The van der Waals surface area contributed by atoms with Crippen molar-refractivity contribution in [1.82, 2.24) is 5.32 Å². The van der Waals surface area contributed by atoms with Gasteiger partial charge in [0.15, 0.2) is 0 Å². The van der Waals surface area contributed by atoms with Crippen LogP contribution in [0.4, 0.5) is 0 Å². The molecule has 0 bridgehead atoms. The zero-order chi connectivity index (χ0) is 15.1. The summed E-state index contributed by atoms with van der Waals surface area (Å²) in [7, 11) is 0. The second-order valence-electron chi connectivity index (χ2n) is 5.00. The minimum absolute atomic E-state index is 0.0303. The molecule has 0 rings (SSSR count). The van der Waals surface area contributed by atoms with E-state index in [-0.39, 0.29) is 19.6 Å². The van der Waals surface area contributed by atoms with E-state index in [1.807, 2.05) is 0 Å². The topological polar surface area (TPSA) is 102 Å². The van der Waals surface area contributed by atoms with Crippen molar-refractivity contribution in [1.29, 1.82) is 0 Å². The maximum Gasteiger partial charge on any atom is 0.320 e. The van der Waals surface area contributed by atoms with Crippen LogP contribution in [0.15, 0.2) is 0 Å². The molecule has 0 aliphatic heterocycles. The van der Waals surface area contributed by atoms with E-state index in [2.05, 4.69) is 5.32 Å². The third-order valence-electron chi connectivity index (χ3n) is 1.91. The van der Waals surface area contributed by atoms with Crippen LogP contribution in [0.25, 0.3) is 0 Å². The summed E-state index contributed by atoms with van der Waals surface area (Å²) in [6, 6.07) is -0.835. The van der Waals surface area contributed by atoms with Crippen LogP contribution in [0.3, 0.4) is 0 Å². The molecule has 0 saturated heterocycles. The third-order valence-corrected chi connectivity index (χ3v) is 1.91. The second kappa shape index (κ2) is 7.73. The summed E-state index contributed by atoms with van der Waals surface area (Å²) in [6.45, 7) is 6.34. The number of carbonyl (C=O) groups is 3. The summed E-state index contributed by atoms with van der Waals surface area (Å²) < 4.78 is 9.79. The predicted molar refractivity (Wildman–Crippen MR) is 66.5 cm³/mol. The minimum atomic E-state index is -1.05. The summed E-state index contributed by atoms with van der Waals surface area (Å²) in [6.07, 6.45) is -0.0303. The number of carbonyl (C=O) groups excluding carboxylic acids is 2. The largest absolute Gasteiger partial charge is 0.480 e. The maximum absolute atomic E-state index is 11.3. The average Bonchev–Trinajstić information content (AvgIpc) is 2.23. The molecule has 0 aliphatic carbocycles. The van der Waals surface area contributed by atoms with E-state index in [0.717, 1.165) is 0 Å². The molecule has 19 heavy (non-hydrogen) atoms. The highest BCUT2D eigenvalue weighted by atomic mass is 16.6. The molecule has 1 unspecified atom stereocenters. The number of hydrogen-bond donors (Lipinski definition) is 2. The Bertz CT molecular complexity index is 334. The zero-order valence-corrected chi connectivity index (χ0v) is 11.7. The van der Waals surface area contributed by atoms with E-state index >= 15 is 0 Å². The SMILES string of the molecule is CC(NCC(=O)OCCC(=O)OC(C)(C)C)C(=O)O. The van der Waals surface area contributed by atoms with Crippen molar-refractivity contribution in [3.63, 3.8) is 0 Å². The lowest BCUT2D eigenvalue weighted by molar-refractivity contribution is -0.157. The van der Waals surface area contributed by atoms with Gasteiger partial charge in [0.2, 0.25) is 0 Å². The summed E-state index contributed by atoms with van der Waals surface area (Å²) in [5.74, 6) is -2.12. The third kappa shape index (κ3) is 10.0. The first-order valence-electron chi connectivity index (χ1n) is 5.95.